The van der Waals surface area contributed by atoms with Crippen LogP contribution >= 0.6 is 0 Å². The number of anilines is 1. The van der Waals surface area contributed by atoms with E-state index in [-0.39, 0.29) is 36.3 Å². The van der Waals surface area contributed by atoms with Crippen molar-refractivity contribution < 1.29 is 26.4 Å². The van der Waals surface area contributed by atoms with Gasteiger partial charge in [-0.1, -0.05) is 6.92 Å². The van der Waals surface area contributed by atoms with Crippen molar-refractivity contribution in [1.29, 1.82) is 0 Å². The minimum absolute atomic E-state index is 0.0654. The molecule has 1 heterocycles. The summed E-state index contributed by atoms with van der Waals surface area (Å²) in [6, 6.07) is 5.42. The Labute approximate surface area is 166 Å². The molecule has 1 aliphatic heterocycles. The largest absolute Gasteiger partial charge is 0.379 e. The van der Waals surface area contributed by atoms with Crippen LogP contribution in [0.3, 0.4) is 0 Å². The van der Waals surface area contributed by atoms with Crippen molar-refractivity contribution >= 4 is 31.6 Å². The SMILES string of the molecule is CCC(C)NC(=O)CN(c1ccc(S(=O)(=O)N2CCOCC2)cc1)S(C)(=O)=O. The molecular formula is C17H27N3O6S2. The maximum absolute atomic E-state index is 12.7. The highest BCUT2D eigenvalue weighted by molar-refractivity contribution is 7.92. The Hall–Kier alpha value is -1.69. The smallest absolute Gasteiger partial charge is 0.243 e. The van der Waals surface area contributed by atoms with Crippen molar-refractivity contribution in [3.05, 3.63) is 24.3 Å². The van der Waals surface area contributed by atoms with Gasteiger partial charge in [0, 0.05) is 19.1 Å². The maximum Gasteiger partial charge on any atom is 0.243 e. The van der Waals surface area contributed by atoms with Crippen LogP contribution < -0.4 is 9.62 Å². The summed E-state index contributed by atoms with van der Waals surface area (Å²) >= 11 is 0. The van der Waals surface area contributed by atoms with Gasteiger partial charge in [-0.25, -0.2) is 16.8 Å². The van der Waals surface area contributed by atoms with Crippen molar-refractivity contribution in [3.8, 4) is 0 Å². The highest BCUT2D eigenvalue weighted by Gasteiger charge is 2.27. The Balaban J connectivity index is 2.23. The van der Waals surface area contributed by atoms with Gasteiger partial charge < -0.3 is 10.1 Å². The molecule has 1 aliphatic rings. The van der Waals surface area contributed by atoms with Gasteiger partial charge in [-0.15, -0.1) is 0 Å². The molecule has 1 atom stereocenters. The predicted molar refractivity (Wildman–Crippen MR) is 106 cm³/mol. The molecule has 1 N–H and O–H groups in total. The summed E-state index contributed by atoms with van der Waals surface area (Å²) in [6.07, 6.45) is 1.72. The third kappa shape index (κ3) is 5.66. The maximum atomic E-state index is 12.7. The van der Waals surface area contributed by atoms with E-state index in [0.29, 0.717) is 13.2 Å². The molecule has 0 bridgehead atoms. The molecule has 9 nitrogen and oxygen atoms in total. The molecule has 0 aromatic heterocycles. The summed E-state index contributed by atoms with van der Waals surface area (Å²) in [7, 11) is -7.40. The number of sulfonamides is 2. The molecule has 0 radical (unpaired) electrons. The van der Waals surface area contributed by atoms with E-state index in [9.17, 15) is 21.6 Å². The molecule has 0 spiro atoms. The van der Waals surface area contributed by atoms with Crippen LogP contribution in [0.2, 0.25) is 0 Å². The lowest BCUT2D eigenvalue weighted by molar-refractivity contribution is -0.120. The highest BCUT2D eigenvalue weighted by Crippen LogP contribution is 2.23. The summed E-state index contributed by atoms with van der Waals surface area (Å²) in [4.78, 5) is 12.2. The van der Waals surface area contributed by atoms with Crippen LogP contribution in [0.4, 0.5) is 5.69 Å². The molecule has 1 unspecified atom stereocenters. The van der Waals surface area contributed by atoms with Crippen LogP contribution in [0.25, 0.3) is 0 Å². The summed E-state index contributed by atoms with van der Waals surface area (Å²) in [5.41, 5.74) is 0.225. The van der Waals surface area contributed by atoms with E-state index in [0.717, 1.165) is 17.0 Å². The standard InChI is InChI=1S/C17H27N3O6S2/c1-4-14(2)18-17(21)13-20(27(3,22)23)15-5-7-16(8-6-15)28(24,25)19-9-11-26-12-10-19/h5-8,14H,4,9-13H2,1-3H3,(H,18,21). The van der Waals surface area contributed by atoms with E-state index in [4.69, 9.17) is 4.74 Å². The Morgan fingerprint density at radius 2 is 1.75 bits per heavy atom. The number of carbonyl (C=O) groups excluding carboxylic acids is 1. The molecule has 11 heteroatoms. The molecule has 2 rings (SSSR count). The zero-order valence-corrected chi connectivity index (χ0v) is 17.9. The summed E-state index contributed by atoms with van der Waals surface area (Å²) < 4.78 is 57.1. The van der Waals surface area contributed by atoms with Crippen molar-refractivity contribution in [1.82, 2.24) is 9.62 Å². The zero-order valence-electron chi connectivity index (χ0n) is 16.3. The molecule has 158 valence electrons. The number of carbonyl (C=O) groups is 1. The lowest BCUT2D eigenvalue weighted by Gasteiger charge is -2.26. The third-order valence-corrected chi connectivity index (χ3v) is 7.49. The van der Waals surface area contributed by atoms with Gasteiger partial charge in [-0.2, -0.15) is 4.31 Å². The van der Waals surface area contributed by atoms with Gasteiger partial charge in [-0.05, 0) is 37.6 Å². The van der Waals surface area contributed by atoms with E-state index in [1.807, 2.05) is 13.8 Å². The second kappa shape index (κ2) is 9.21. The van der Waals surface area contributed by atoms with Gasteiger partial charge in [0.25, 0.3) is 0 Å². The summed E-state index contributed by atoms with van der Waals surface area (Å²) in [6.45, 7) is 4.58. The molecule has 1 aromatic rings. The average Bonchev–Trinajstić information content (AvgIpc) is 2.66. The third-order valence-electron chi connectivity index (χ3n) is 4.44. The van der Waals surface area contributed by atoms with Crippen LogP contribution in [-0.4, -0.2) is 72.2 Å². The summed E-state index contributed by atoms with van der Waals surface area (Å²) in [5, 5.41) is 2.72. The highest BCUT2D eigenvalue weighted by atomic mass is 32.2. The van der Waals surface area contributed by atoms with Crippen molar-refractivity contribution in [2.75, 3.05) is 43.4 Å². The molecule has 0 saturated carbocycles. The van der Waals surface area contributed by atoms with Crippen molar-refractivity contribution in [2.45, 2.75) is 31.2 Å². The zero-order chi connectivity index (χ0) is 20.9. The number of nitrogens with one attached hydrogen (secondary N) is 1. The Bertz CT molecular complexity index is 878. The van der Waals surface area contributed by atoms with Crippen LogP contribution in [0, 0.1) is 0 Å². The van der Waals surface area contributed by atoms with Gasteiger partial charge in [0.05, 0.1) is 30.1 Å². The van der Waals surface area contributed by atoms with Gasteiger partial charge in [-0.3, -0.25) is 9.10 Å². The Morgan fingerprint density at radius 1 is 1.18 bits per heavy atom. The quantitative estimate of drug-likeness (QED) is 0.634. The molecular weight excluding hydrogens is 406 g/mol. The van der Waals surface area contributed by atoms with Gasteiger partial charge in [0.2, 0.25) is 26.0 Å². The topological polar surface area (TPSA) is 113 Å². The lowest BCUT2D eigenvalue weighted by atomic mass is 10.2. The summed E-state index contributed by atoms with van der Waals surface area (Å²) in [5.74, 6) is -0.426. The van der Waals surface area contributed by atoms with E-state index in [1.165, 1.54) is 28.6 Å². The first-order chi connectivity index (χ1) is 13.1. The number of morpholine rings is 1. The van der Waals surface area contributed by atoms with Crippen molar-refractivity contribution in [2.24, 2.45) is 0 Å². The van der Waals surface area contributed by atoms with Gasteiger partial charge >= 0.3 is 0 Å². The monoisotopic (exact) mass is 433 g/mol. The molecule has 0 aliphatic carbocycles. The normalized spacial score (nSPS) is 17.1. The molecule has 1 amide bonds. The van der Waals surface area contributed by atoms with Crippen LogP contribution in [0.15, 0.2) is 29.2 Å². The molecule has 1 fully saturated rings. The first-order valence-corrected chi connectivity index (χ1v) is 12.3. The van der Waals surface area contributed by atoms with E-state index in [2.05, 4.69) is 5.32 Å². The minimum atomic E-state index is -3.73. The van der Waals surface area contributed by atoms with Crippen LogP contribution in [0.1, 0.15) is 20.3 Å². The number of rotatable bonds is 8. The van der Waals surface area contributed by atoms with Crippen LogP contribution in [0.5, 0.6) is 0 Å². The van der Waals surface area contributed by atoms with E-state index >= 15 is 0 Å². The number of nitrogens with zero attached hydrogens (tertiary/aromatic N) is 2. The first-order valence-electron chi connectivity index (χ1n) is 9.00. The number of amides is 1. The number of hydrogen-bond acceptors (Lipinski definition) is 6. The molecule has 1 saturated heterocycles. The fourth-order valence-electron chi connectivity index (χ4n) is 2.67. The van der Waals surface area contributed by atoms with E-state index < -0.39 is 26.0 Å². The van der Waals surface area contributed by atoms with E-state index in [1.54, 1.807) is 0 Å². The Kier molecular flexibility index (Phi) is 7.43. The Morgan fingerprint density at radius 3 is 2.25 bits per heavy atom. The minimum Gasteiger partial charge on any atom is -0.379 e. The molecule has 28 heavy (non-hydrogen) atoms. The number of hydrogen-bond donors (Lipinski definition) is 1. The van der Waals surface area contributed by atoms with Gasteiger partial charge in [0.1, 0.15) is 6.54 Å². The second-order valence-electron chi connectivity index (χ2n) is 6.66. The fourth-order valence-corrected chi connectivity index (χ4v) is 4.94. The molecule has 1 aromatic carbocycles. The average molecular weight is 434 g/mol. The van der Waals surface area contributed by atoms with Gasteiger partial charge in [0.15, 0.2) is 0 Å². The first kappa shape index (κ1) is 22.6. The van der Waals surface area contributed by atoms with Crippen LogP contribution in [-0.2, 0) is 29.6 Å². The predicted octanol–water partition coefficient (Wildman–Crippen LogP) is 0.388. The fraction of sp³-hybridized carbons (Fsp3) is 0.588. The van der Waals surface area contributed by atoms with Crippen molar-refractivity contribution in [3.63, 3.8) is 0 Å². The number of ether oxygens (including phenoxy) is 1. The lowest BCUT2D eigenvalue weighted by Crippen LogP contribution is -2.43. The number of benzene rings is 1. The second-order valence-corrected chi connectivity index (χ2v) is 10.5.